The molecule has 0 saturated carbocycles. The van der Waals surface area contributed by atoms with Gasteiger partial charge in [0.2, 0.25) is 0 Å². The van der Waals surface area contributed by atoms with Crippen LogP contribution in [0.5, 0.6) is 0 Å². The van der Waals surface area contributed by atoms with Gasteiger partial charge in [-0.15, -0.1) is 0 Å². The first-order chi connectivity index (χ1) is 9.02. The summed E-state index contributed by atoms with van der Waals surface area (Å²) < 4.78 is 0. The van der Waals surface area contributed by atoms with Crippen LogP contribution in [0.2, 0.25) is 0 Å². The van der Waals surface area contributed by atoms with Crippen LogP contribution in [0, 0.1) is 0 Å². The maximum Gasteiger partial charge on any atom is 0.0741 e. The molecule has 112 valence electrons. The van der Waals surface area contributed by atoms with Crippen molar-refractivity contribution in [3.05, 3.63) is 0 Å². The maximum absolute atomic E-state index is 9.89. The fourth-order valence-corrected chi connectivity index (χ4v) is 3.48. The van der Waals surface area contributed by atoms with Crippen LogP contribution in [-0.2, 0) is 0 Å². The van der Waals surface area contributed by atoms with Crippen LogP contribution in [0.15, 0.2) is 0 Å². The molecule has 3 atom stereocenters. The summed E-state index contributed by atoms with van der Waals surface area (Å²) in [6.07, 6.45) is 5.83. The molecule has 3 unspecified atom stereocenters. The van der Waals surface area contributed by atoms with Gasteiger partial charge in [-0.1, -0.05) is 0 Å². The lowest BCUT2D eigenvalue weighted by Gasteiger charge is -2.42. The number of aliphatic hydroxyl groups is 1. The zero-order valence-electron chi connectivity index (χ0n) is 12.6. The highest BCUT2D eigenvalue weighted by atomic mass is 16.3. The number of nitrogens with two attached hydrogens (primary N) is 1. The topological polar surface area (TPSA) is 52.7 Å². The van der Waals surface area contributed by atoms with Gasteiger partial charge in [-0.25, -0.2) is 0 Å². The van der Waals surface area contributed by atoms with Crippen LogP contribution >= 0.6 is 0 Å². The van der Waals surface area contributed by atoms with Crippen molar-refractivity contribution in [3.63, 3.8) is 0 Å². The van der Waals surface area contributed by atoms with Gasteiger partial charge in [0.25, 0.3) is 0 Å². The Bertz CT molecular complexity index is 283. The lowest BCUT2D eigenvalue weighted by molar-refractivity contribution is 0.0458. The van der Waals surface area contributed by atoms with Gasteiger partial charge in [0.05, 0.1) is 5.60 Å². The molecule has 2 saturated heterocycles. The molecule has 2 heterocycles. The van der Waals surface area contributed by atoms with E-state index in [1.54, 1.807) is 0 Å². The molecule has 0 aliphatic carbocycles. The molecule has 2 aliphatic rings. The summed E-state index contributed by atoms with van der Waals surface area (Å²) in [5.41, 5.74) is 4.88. The molecule has 2 aliphatic heterocycles. The van der Waals surface area contributed by atoms with Crippen LogP contribution in [0.1, 0.15) is 46.0 Å². The lowest BCUT2D eigenvalue weighted by Crippen LogP contribution is -2.55. The molecule has 0 aromatic rings. The molecular weight excluding hydrogens is 238 g/mol. The Morgan fingerprint density at radius 2 is 2.11 bits per heavy atom. The first kappa shape index (κ1) is 15.2. The number of hydrogen-bond acceptors (Lipinski definition) is 4. The standard InChI is InChI=1S/C15H31N3O/c1-13-10-18-9-5-6-14(18)11-17(13)8-4-3-7-15(2,19)12-16/h13-14,19H,3-12,16H2,1-2H3. The molecular formula is C15H31N3O. The molecule has 0 amide bonds. The average Bonchev–Trinajstić information content (AvgIpc) is 2.81. The molecule has 3 N–H and O–H groups in total. The van der Waals surface area contributed by atoms with Gasteiger partial charge in [0.1, 0.15) is 0 Å². The molecule has 2 rings (SSSR count). The van der Waals surface area contributed by atoms with Gasteiger partial charge in [-0.05, 0) is 59.0 Å². The Morgan fingerprint density at radius 3 is 2.84 bits per heavy atom. The highest BCUT2D eigenvalue weighted by Gasteiger charge is 2.33. The quantitative estimate of drug-likeness (QED) is 0.707. The Labute approximate surface area is 117 Å². The zero-order valence-corrected chi connectivity index (χ0v) is 12.6. The van der Waals surface area contributed by atoms with E-state index in [2.05, 4.69) is 16.7 Å². The Morgan fingerprint density at radius 1 is 1.32 bits per heavy atom. The highest BCUT2D eigenvalue weighted by Crippen LogP contribution is 2.25. The summed E-state index contributed by atoms with van der Waals surface area (Å²) in [6, 6.07) is 1.49. The molecule has 19 heavy (non-hydrogen) atoms. The van der Waals surface area contributed by atoms with Crippen LogP contribution in [-0.4, -0.2) is 65.3 Å². The van der Waals surface area contributed by atoms with Crippen molar-refractivity contribution in [2.75, 3.05) is 32.7 Å². The van der Waals surface area contributed by atoms with Crippen molar-refractivity contribution in [3.8, 4) is 0 Å². The summed E-state index contributed by atoms with van der Waals surface area (Å²) in [5, 5.41) is 9.89. The third kappa shape index (κ3) is 4.15. The van der Waals surface area contributed by atoms with Crippen LogP contribution < -0.4 is 5.73 Å². The largest absolute Gasteiger partial charge is 0.389 e. The molecule has 0 bridgehead atoms. The van der Waals surface area contributed by atoms with Crippen molar-refractivity contribution < 1.29 is 5.11 Å². The van der Waals surface area contributed by atoms with Crippen LogP contribution in [0.25, 0.3) is 0 Å². The summed E-state index contributed by atoms with van der Waals surface area (Å²) in [5.74, 6) is 0. The Hall–Kier alpha value is -0.160. The highest BCUT2D eigenvalue weighted by molar-refractivity contribution is 4.90. The van der Waals surface area contributed by atoms with Crippen molar-refractivity contribution in [1.29, 1.82) is 0 Å². The first-order valence-corrected chi connectivity index (χ1v) is 7.92. The predicted molar refractivity (Wildman–Crippen MR) is 79.2 cm³/mol. The van der Waals surface area contributed by atoms with E-state index < -0.39 is 5.60 Å². The second-order valence-corrected chi connectivity index (χ2v) is 6.79. The van der Waals surface area contributed by atoms with E-state index in [0.717, 1.165) is 18.9 Å². The fourth-order valence-electron chi connectivity index (χ4n) is 3.48. The number of fused-ring (bicyclic) bond motifs is 1. The molecule has 4 heteroatoms. The number of unbranched alkanes of at least 4 members (excludes halogenated alkanes) is 1. The van der Waals surface area contributed by atoms with Gasteiger partial charge < -0.3 is 10.8 Å². The number of nitrogens with zero attached hydrogens (tertiary/aromatic N) is 2. The van der Waals surface area contributed by atoms with Gasteiger partial charge in [0.15, 0.2) is 0 Å². The smallest absolute Gasteiger partial charge is 0.0741 e. The molecule has 0 aromatic carbocycles. The number of hydrogen-bond donors (Lipinski definition) is 2. The number of rotatable bonds is 6. The summed E-state index contributed by atoms with van der Waals surface area (Å²) in [7, 11) is 0. The average molecular weight is 269 g/mol. The van der Waals surface area contributed by atoms with E-state index in [1.165, 1.54) is 45.4 Å². The minimum Gasteiger partial charge on any atom is -0.389 e. The van der Waals surface area contributed by atoms with Gasteiger partial charge >= 0.3 is 0 Å². The second-order valence-electron chi connectivity index (χ2n) is 6.79. The zero-order chi connectivity index (χ0) is 13.9. The SMILES string of the molecule is CC1CN2CCCC2CN1CCCCC(C)(O)CN. The van der Waals surface area contributed by atoms with Crippen molar-refractivity contribution in [1.82, 2.24) is 9.80 Å². The number of piperazine rings is 1. The van der Waals surface area contributed by atoms with Gasteiger partial charge in [-0.3, -0.25) is 9.80 Å². The monoisotopic (exact) mass is 269 g/mol. The predicted octanol–water partition coefficient (Wildman–Crippen LogP) is 1.03. The van der Waals surface area contributed by atoms with Crippen molar-refractivity contribution in [2.24, 2.45) is 5.73 Å². The van der Waals surface area contributed by atoms with Gasteiger partial charge in [0, 0.05) is 31.7 Å². The van der Waals surface area contributed by atoms with E-state index in [9.17, 15) is 5.11 Å². The summed E-state index contributed by atoms with van der Waals surface area (Å²) in [6.45, 7) is 9.52. The minimum atomic E-state index is -0.671. The van der Waals surface area contributed by atoms with Crippen molar-refractivity contribution >= 4 is 0 Å². The Kier molecular flexibility index (Phi) is 5.23. The molecule has 0 aromatic heterocycles. The third-order valence-corrected chi connectivity index (χ3v) is 4.92. The third-order valence-electron chi connectivity index (χ3n) is 4.92. The lowest BCUT2D eigenvalue weighted by atomic mass is 9.99. The van der Waals surface area contributed by atoms with E-state index in [4.69, 9.17) is 5.73 Å². The molecule has 0 radical (unpaired) electrons. The Balaban J connectivity index is 1.68. The molecule has 4 nitrogen and oxygen atoms in total. The normalized spacial score (nSPS) is 32.2. The van der Waals surface area contributed by atoms with E-state index in [-0.39, 0.29) is 0 Å². The maximum atomic E-state index is 9.89. The van der Waals surface area contributed by atoms with Crippen molar-refractivity contribution in [2.45, 2.75) is 63.6 Å². The van der Waals surface area contributed by atoms with Crippen LogP contribution in [0.4, 0.5) is 0 Å². The summed E-state index contributed by atoms with van der Waals surface area (Å²) >= 11 is 0. The molecule has 0 spiro atoms. The van der Waals surface area contributed by atoms with Gasteiger partial charge in [-0.2, -0.15) is 0 Å². The van der Waals surface area contributed by atoms with E-state index in [0.29, 0.717) is 12.6 Å². The fraction of sp³-hybridized carbons (Fsp3) is 1.00. The van der Waals surface area contributed by atoms with E-state index >= 15 is 0 Å². The van der Waals surface area contributed by atoms with Crippen LogP contribution in [0.3, 0.4) is 0 Å². The summed E-state index contributed by atoms with van der Waals surface area (Å²) in [4.78, 5) is 5.31. The minimum absolute atomic E-state index is 0.365. The second kappa shape index (κ2) is 6.53. The first-order valence-electron chi connectivity index (χ1n) is 7.92. The van der Waals surface area contributed by atoms with E-state index in [1.807, 2.05) is 6.92 Å². The molecule has 2 fully saturated rings.